The summed E-state index contributed by atoms with van der Waals surface area (Å²) in [6.45, 7) is 1.62. The van der Waals surface area contributed by atoms with Crippen molar-refractivity contribution in [1.82, 2.24) is 20.0 Å². The second-order valence-electron chi connectivity index (χ2n) is 6.50. The number of aliphatic hydroxyl groups is 1. The molecule has 1 aromatic rings. The number of likely N-dealkylation sites (tertiary alicyclic amines) is 1. The lowest BCUT2D eigenvalue weighted by atomic mass is 10.0. The normalized spacial score (nSPS) is 22.8. The highest BCUT2D eigenvalue weighted by molar-refractivity contribution is 5.76. The number of likely N-dealkylation sites (N-methyl/N-ethyl adjacent to an activating group) is 1. The third kappa shape index (κ3) is 4.81. The number of aromatic nitrogens is 2. The van der Waals surface area contributed by atoms with E-state index < -0.39 is 0 Å². The fourth-order valence-corrected chi connectivity index (χ4v) is 3.04. The Morgan fingerprint density at radius 2 is 2.27 bits per heavy atom. The van der Waals surface area contributed by atoms with Gasteiger partial charge in [0.2, 0.25) is 5.91 Å². The molecule has 124 valence electrons. The highest BCUT2D eigenvalue weighted by Gasteiger charge is 2.27. The SMILES string of the molecule is CN(C)[C@@H]1CC[C@H](CO)CN(C(=O)CCCc2cn[nH]c2)C1. The van der Waals surface area contributed by atoms with Crippen molar-refractivity contribution in [1.29, 1.82) is 0 Å². The van der Waals surface area contributed by atoms with E-state index in [9.17, 15) is 9.90 Å². The third-order valence-corrected chi connectivity index (χ3v) is 4.57. The summed E-state index contributed by atoms with van der Waals surface area (Å²) in [6, 6.07) is 0.384. The van der Waals surface area contributed by atoms with Crippen LogP contribution in [0.1, 0.15) is 31.2 Å². The fourth-order valence-electron chi connectivity index (χ4n) is 3.04. The quantitative estimate of drug-likeness (QED) is 0.819. The molecule has 22 heavy (non-hydrogen) atoms. The Morgan fingerprint density at radius 3 is 2.91 bits per heavy atom. The molecule has 6 heteroatoms. The van der Waals surface area contributed by atoms with E-state index in [1.54, 1.807) is 6.20 Å². The summed E-state index contributed by atoms with van der Waals surface area (Å²) >= 11 is 0. The molecule has 0 bridgehead atoms. The molecule has 1 amide bonds. The minimum absolute atomic E-state index is 0.166. The van der Waals surface area contributed by atoms with Crippen LogP contribution in [0, 0.1) is 5.92 Å². The predicted molar refractivity (Wildman–Crippen MR) is 85.4 cm³/mol. The van der Waals surface area contributed by atoms with Gasteiger partial charge in [-0.3, -0.25) is 9.89 Å². The number of aliphatic hydroxyl groups excluding tert-OH is 1. The van der Waals surface area contributed by atoms with Crippen LogP contribution in [0.2, 0.25) is 0 Å². The van der Waals surface area contributed by atoms with E-state index >= 15 is 0 Å². The van der Waals surface area contributed by atoms with Gasteiger partial charge in [0.1, 0.15) is 0 Å². The predicted octanol–water partition coefficient (Wildman–Crippen LogP) is 0.893. The van der Waals surface area contributed by atoms with E-state index in [0.29, 0.717) is 19.0 Å². The first-order valence-electron chi connectivity index (χ1n) is 8.13. The van der Waals surface area contributed by atoms with Gasteiger partial charge in [-0.2, -0.15) is 5.10 Å². The first-order chi connectivity index (χ1) is 10.6. The summed E-state index contributed by atoms with van der Waals surface area (Å²) in [5, 5.41) is 16.2. The number of amides is 1. The van der Waals surface area contributed by atoms with Crippen LogP contribution in [-0.2, 0) is 11.2 Å². The second kappa shape index (κ2) is 8.29. The highest BCUT2D eigenvalue weighted by Crippen LogP contribution is 2.20. The molecule has 1 fully saturated rings. The van der Waals surface area contributed by atoms with Gasteiger partial charge in [-0.1, -0.05) is 0 Å². The fraction of sp³-hybridized carbons (Fsp3) is 0.750. The van der Waals surface area contributed by atoms with E-state index in [1.807, 2.05) is 11.1 Å². The Balaban J connectivity index is 1.87. The molecule has 1 aliphatic rings. The maximum atomic E-state index is 12.5. The lowest BCUT2D eigenvalue weighted by molar-refractivity contribution is -0.132. The van der Waals surface area contributed by atoms with Gasteiger partial charge in [0.05, 0.1) is 6.20 Å². The van der Waals surface area contributed by atoms with Gasteiger partial charge in [-0.15, -0.1) is 0 Å². The Labute approximate surface area is 132 Å². The van der Waals surface area contributed by atoms with Gasteiger partial charge < -0.3 is 14.9 Å². The molecule has 1 aromatic heterocycles. The largest absolute Gasteiger partial charge is 0.396 e. The van der Waals surface area contributed by atoms with Crippen LogP contribution in [0.5, 0.6) is 0 Å². The number of aromatic amines is 1. The van der Waals surface area contributed by atoms with Crippen molar-refractivity contribution in [3.63, 3.8) is 0 Å². The lowest BCUT2D eigenvalue weighted by Gasteiger charge is -2.29. The first-order valence-corrected chi connectivity index (χ1v) is 8.13. The zero-order chi connectivity index (χ0) is 15.9. The van der Waals surface area contributed by atoms with Gasteiger partial charge in [-0.05, 0) is 51.3 Å². The number of rotatable bonds is 6. The molecule has 0 aromatic carbocycles. The number of nitrogens with one attached hydrogen (secondary N) is 1. The third-order valence-electron chi connectivity index (χ3n) is 4.57. The van der Waals surface area contributed by atoms with Crippen molar-refractivity contribution >= 4 is 5.91 Å². The summed E-state index contributed by atoms with van der Waals surface area (Å²) in [7, 11) is 4.12. The van der Waals surface area contributed by atoms with E-state index in [2.05, 4.69) is 29.2 Å². The van der Waals surface area contributed by atoms with E-state index in [4.69, 9.17) is 0 Å². The first kappa shape index (κ1) is 17.0. The Bertz CT molecular complexity index is 447. The molecule has 2 atom stereocenters. The molecule has 2 heterocycles. The molecule has 0 aliphatic carbocycles. The summed E-state index contributed by atoms with van der Waals surface area (Å²) < 4.78 is 0. The maximum absolute atomic E-state index is 12.5. The van der Waals surface area contributed by atoms with Crippen molar-refractivity contribution in [2.24, 2.45) is 5.92 Å². The van der Waals surface area contributed by atoms with Crippen molar-refractivity contribution in [3.05, 3.63) is 18.0 Å². The average Bonchev–Trinajstić information content (AvgIpc) is 2.90. The molecule has 6 nitrogen and oxygen atoms in total. The van der Waals surface area contributed by atoms with Crippen molar-refractivity contribution < 1.29 is 9.90 Å². The molecule has 2 rings (SSSR count). The molecular weight excluding hydrogens is 280 g/mol. The summed E-state index contributed by atoms with van der Waals surface area (Å²) in [5.74, 6) is 0.415. The summed E-state index contributed by atoms with van der Waals surface area (Å²) in [5.41, 5.74) is 1.14. The summed E-state index contributed by atoms with van der Waals surface area (Å²) in [6.07, 6.45) is 7.97. The van der Waals surface area contributed by atoms with Crippen LogP contribution in [0.3, 0.4) is 0 Å². The van der Waals surface area contributed by atoms with Crippen LogP contribution < -0.4 is 0 Å². The number of hydrogen-bond acceptors (Lipinski definition) is 4. The highest BCUT2D eigenvalue weighted by atomic mass is 16.3. The molecule has 0 radical (unpaired) electrons. The van der Waals surface area contributed by atoms with Gasteiger partial charge >= 0.3 is 0 Å². The van der Waals surface area contributed by atoms with Crippen LogP contribution in [0.15, 0.2) is 12.4 Å². The molecule has 0 spiro atoms. The van der Waals surface area contributed by atoms with Gasteiger partial charge in [0.25, 0.3) is 0 Å². The monoisotopic (exact) mass is 308 g/mol. The number of carbonyl (C=O) groups excluding carboxylic acids is 1. The zero-order valence-corrected chi connectivity index (χ0v) is 13.7. The van der Waals surface area contributed by atoms with Crippen LogP contribution in [0.25, 0.3) is 0 Å². The average molecular weight is 308 g/mol. The number of hydrogen-bond donors (Lipinski definition) is 2. The maximum Gasteiger partial charge on any atom is 0.222 e. The lowest BCUT2D eigenvalue weighted by Crippen LogP contribution is -2.42. The van der Waals surface area contributed by atoms with E-state index in [0.717, 1.165) is 37.8 Å². The minimum atomic E-state index is 0.166. The van der Waals surface area contributed by atoms with Gasteiger partial charge in [0, 0.05) is 38.4 Å². The second-order valence-corrected chi connectivity index (χ2v) is 6.50. The van der Waals surface area contributed by atoms with E-state index in [-0.39, 0.29) is 18.4 Å². The van der Waals surface area contributed by atoms with Gasteiger partial charge in [0.15, 0.2) is 0 Å². The smallest absolute Gasteiger partial charge is 0.222 e. The van der Waals surface area contributed by atoms with Crippen molar-refractivity contribution in [3.8, 4) is 0 Å². The van der Waals surface area contributed by atoms with Crippen molar-refractivity contribution in [2.75, 3.05) is 33.8 Å². The summed E-state index contributed by atoms with van der Waals surface area (Å²) in [4.78, 5) is 16.6. The van der Waals surface area contributed by atoms with Crippen LogP contribution >= 0.6 is 0 Å². The zero-order valence-electron chi connectivity index (χ0n) is 13.7. The molecular formula is C16H28N4O2. The van der Waals surface area contributed by atoms with E-state index in [1.165, 1.54) is 0 Å². The Hall–Kier alpha value is -1.40. The molecule has 2 N–H and O–H groups in total. The topological polar surface area (TPSA) is 72.5 Å². The number of H-pyrrole nitrogens is 1. The van der Waals surface area contributed by atoms with Crippen molar-refractivity contribution in [2.45, 2.75) is 38.1 Å². The number of nitrogens with zero attached hydrogens (tertiary/aromatic N) is 3. The van der Waals surface area contributed by atoms with Crippen LogP contribution in [-0.4, -0.2) is 70.8 Å². The number of carbonyl (C=O) groups is 1. The molecule has 0 saturated carbocycles. The van der Waals surface area contributed by atoms with Gasteiger partial charge in [-0.25, -0.2) is 0 Å². The standard InChI is InChI=1S/C16H28N4O2/c1-19(2)15-7-6-14(12-21)10-20(11-15)16(22)5-3-4-13-8-17-18-9-13/h8-9,14-15,21H,3-7,10-12H2,1-2H3,(H,17,18)/t14-,15+/m0/s1. The Kier molecular flexibility index (Phi) is 6.39. The minimum Gasteiger partial charge on any atom is -0.396 e. The molecule has 1 aliphatic heterocycles. The molecule has 0 unspecified atom stereocenters. The number of aryl methyl sites for hydroxylation is 1. The van der Waals surface area contributed by atoms with Crippen LogP contribution in [0.4, 0.5) is 0 Å². The Morgan fingerprint density at radius 1 is 1.45 bits per heavy atom. The molecule has 1 saturated heterocycles.